The van der Waals surface area contributed by atoms with Gasteiger partial charge in [0.2, 0.25) is 0 Å². The fraction of sp³-hybridized carbons (Fsp3) is 0.310. The van der Waals surface area contributed by atoms with Gasteiger partial charge >= 0.3 is 5.69 Å². The lowest BCUT2D eigenvalue weighted by atomic mass is 10.0. The number of aromatic nitrogens is 4. The van der Waals surface area contributed by atoms with Crippen LogP contribution in [0.1, 0.15) is 43.5 Å². The number of hydrogen-bond acceptors (Lipinski definition) is 6. The topological polar surface area (TPSA) is 75.9 Å². The average molecular weight is 517 g/mol. The molecule has 4 aromatic rings. The lowest BCUT2D eigenvalue weighted by Crippen LogP contribution is -2.50. The lowest BCUT2D eigenvalue weighted by molar-refractivity contribution is 0.497. The van der Waals surface area contributed by atoms with Crippen molar-refractivity contribution in [2.24, 2.45) is 0 Å². The molecule has 7 nitrogen and oxygen atoms in total. The first-order chi connectivity index (χ1) is 18.2. The number of hydrogen-bond donors (Lipinski definition) is 1. The highest BCUT2D eigenvalue weighted by Crippen LogP contribution is 2.35. The molecule has 4 heterocycles. The zero-order valence-corrected chi connectivity index (χ0v) is 21.9. The van der Waals surface area contributed by atoms with Gasteiger partial charge in [-0.2, -0.15) is 4.98 Å². The number of anilines is 1. The highest BCUT2D eigenvalue weighted by atomic mass is 19.1. The summed E-state index contributed by atoms with van der Waals surface area (Å²) < 4.78 is 32.3. The van der Waals surface area contributed by atoms with Crippen molar-refractivity contribution >= 4 is 22.9 Å². The highest BCUT2D eigenvalue weighted by molar-refractivity contribution is 5.91. The van der Waals surface area contributed by atoms with Crippen molar-refractivity contribution in [2.45, 2.75) is 39.7 Å². The van der Waals surface area contributed by atoms with E-state index in [1.165, 1.54) is 28.8 Å². The van der Waals surface area contributed by atoms with Crippen LogP contribution in [0, 0.1) is 18.6 Å². The highest BCUT2D eigenvalue weighted by Gasteiger charge is 2.28. The fourth-order valence-corrected chi connectivity index (χ4v) is 5.10. The van der Waals surface area contributed by atoms with E-state index >= 15 is 8.78 Å². The number of fused-ring (bicyclic) bond motifs is 1. The van der Waals surface area contributed by atoms with Crippen molar-refractivity contribution in [3.05, 3.63) is 82.0 Å². The Morgan fingerprint density at radius 2 is 1.97 bits per heavy atom. The summed E-state index contributed by atoms with van der Waals surface area (Å²) in [5.41, 5.74) is 1.85. The molecule has 0 amide bonds. The SMILES string of the molecule is C=Cc1cccc(F)c1-c1nc2c(cc1F)c(N1CCNC[C@@H]1C)nc(=O)n2-c1c(C)ccnc1C(C)C. The number of rotatable bonds is 5. The molecule has 0 bridgehead atoms. The molecular weight excluding hydrogens is 486 g/mol. The van der Waals surface area contributed by atoms with Crippen molar-refractivity contribution in [3.63, 3.8) is 0 Å². The largest absolute Gasteiger partial charge is 0.355 e. The summed E-state index contributed by atoms with van der Waals surface area (Å²) >= 11 is 0. The Kier molecular flexibility index (Phi) is 6.79. The van der Waals surface area contributed by atoms with E-state index < -0.39 is 17.3 Å². The third-order valence-corrected chi connectivity index (χ3v) is 7.00. The number of pyridine rings is 2. The fourth-order valence-electron chi connectivity index (χ4n) is 5.10. The van der Waals surface area contributed by atoms with Gasteiger partial charge in [0, 0.05) is 37.4 Å². The molecule has 0 radical (unpaired) electrons. The number of nitrogens with zero attached hydrogens (tertiary/aromatic N) is 5. The minimum absolute atomic E-state index is 0.0122. The maximum absolute atomic E-state index is 15.8. The molecule has 0 aliphatic carbocycles. The zero-order chi connectivity index (χ0) is 27.1. The molecular formula is C29H30F2N6O. The first-order valence-electron chi connectivity index (χ1n) is 12.7. The van der Waals surface area contributed by atoms with Crippen LogP contribution in [0.5, 0.6) is 0 Å². The Morgan fingerprint density at radius 1 is 1.18 bits per heavy atom. The maximum atomic E-state index is 15.8. The van der Waals surface area contributed by atoms with Crippen LogP contribution in [0.2, 0.25) is 0 Å². The van der Waals surface area contributed by atoms with Crippen molar-refractivity contribution in [2.75, 3.05) is 24.5 Å². The third-order valence-electron chi connectivity index (χ3n) is 7.00. The quantitative estimate of drug-likeness (QED) is 0.403. The predicted molar refractivity (Wildman–Crippen MR) is 147 cm³/mol. The monoisotopic (exact) mass is 516 g/mol. The van der Waals surface area contributed by atoms with Gasteiger partial charge in [-0.3, -0.25) is 4.98 Å². The molecule has 1 aliphatic heterocycles. The van der Waals surface area contributed by atoms with Gasteiger partial charge in [-0.05, 0) is 49.1 Å². The van der Waals surface area contributed by atoms with E-state index in [1.807, 2.05) is 38.7 Å². The summed E-state index contributed by atoms with van der Waals surface area (Å²) in [4.78, 5) is 29.5. The second-order valence-corrected chi connectivity index (χ2v) is 9.91. The normalized spacial score (nSPS) is 15.9. The Labute approximate surface area is 219 Å². The van der Waals surface area contributed by atoms with Crippen LogP contribution in [-0.2, 0) is 0 Å². The number of benzene rings is 1. The molecule has 0 unspecified atom stereocenters. The standard InChI is InChI=1S/C29H30F2N6O/c1-6-19-8-7-9-21(30)23(19)25-22(31)14-20-27(36-13-12-32-15-18(36)5)35-29(38)37(28(20)34-25)26-17(4)10-11-33-24(26)16(2)3/h6-11,14,16,18,32H,1,12-13,15H2,2-5H3/t18-/m0/s1. The third kappa shape index (κ3) is 4.26. The first kappa shape index (κ1) is 25.7. The lowest BCUT2D eigenvalue weighted by Gasteiger charge is -2.35. The molecule has 1 atom stereocenters. The Bertz CT molecular complexity index is 1610. The van der Waals surface area contributed by atoms with Gasteiger partial charge in [-0.1, -0.05) is 38.6 Å². The predicted octanol–water partition coefficient (Wildman–Crippen LogP) is 4.99. The second-order valence-electron chi connectivity index (χ2n) is 9.91. The average Bonchev–Trinajstić information content (AvgIpc) is 2.89. The molecule has 196 valence electrons. The van der Waals surface area contributed by atoms with E-state index in [-0.39, 0.29) is 28.9 Å². The molecule has 38 heavy (non-hydrogen) atoms. The van der Waals surface area contributed by atoms with Gasteiger partial charge in [0.05, 0.1) is 16.8 Å². The van der Waals surface area contributed by atoms with Gasteiger partial charge in [-0.15, -0.1) is 0 Å². The Hall–Kier alpha value is -3.98. The molecule has 1 aliphatic rings. The van der Waals surface area contributed by atoms with Crippen LogP contribution in [0.25, 0.3) is 34.1 Å². The van der Waals surface area contributed by atoms with Gasteiger partial charge in [0.15, 0.2) is 11.5 Å². The molecule has 9 heteroatoms. The summed E-state index contributed by atoms with van der Waals surface area (Å²) in [6, 6.07) is 7.57. The van der Waals surface area contributed by atoms with Gasteiger partial charge in [-0.25, -0.2) is 23.1 Å². The number of aryl methyl sites for hydroxylation is 1. The molecule has 5 rings (SSSR count). The van der Waals surface area contributed by atoms with Crippen molar-refractivity contribution in [1.82, 2.24) is 24.8 Å². The summed E-state index contributed by atoms with van der Waals surface area (Å²) in [7, 11) is 0. The van der Waals surface area contributed by atoms with E-state index in [0.717, 1.165) is 5.56 Å². The minimum atomic E-state index is -0.714. The molecule has 1 aromatic carbocycles. The first-order valence-corrected chi connectivity index (χ1v) is 12.7. The maximum Gasteiger partial charge on any atom is 0.355 e. The number of piperazine rings is 1. The van der Waals surface area contributed by atoms with Crippen LogP contribution >= 0.6 is 0 Å². The van der Waals surface area contributed by atoms with Gasteiger partial charge in [0.25, 0.3) is 0 Å². The van der Waals surface area contributed by atoms with Crippen LogP contribution in [0.4, 0.5) is 14.6 Å². The number of nitrogens with one attached hydrogen (secondary N) is 1. The van der Waals surface area contributed by atoms with E-state index in [4.69, 9.17) is 0 Å². The summed E-state index contributed by atoms with van der Waals surface area (Å²) in [5.74, 6) is -1.00. The molecule has 1 saturated heterocycles. The minimum Gasteiger partial charge on any atom is -0.351 e. The van der Waals surface area contributed by atoms with Crippen LogP contribution < -0.4 is 15.9 Å². The van der Waals surface area contributed by atoms with Crippen molar-refractivity contribution in [3.8, 4) is 16.9 Å². The Morgan fingerprint density at radius 3 is 2.68 bits per heavy atom. The summed E-state index contributed by atoms with van der Waals surface area (Å²) in [6.07, 6.45) is 3.15. The van der Waals surface area contributed by atoms with Crippen LogP contribution in [-0.4, -0.2) is 45.2 Å². The zero-order valence-electron chi connectivity index (χ0n) is 21.9. The van der Waals surface area contributed by atoms with E-state index in [0.29, 0.717) is 47.8 Å². The van der Waals surface area contributed by atoms with Crippen molar-refractivity contribution in [1.29, 1.82) is 0 Å². The van der Waals surface area contributed by atoms with Gasteiger partial charge < -0.3 is 10.2 Å². The van der Waals surface area contributed by atoms with E-state index in [9.17, 15) is 4.79 Å². The smallest absolute Gasteiger partial charge is 0.351 e. The van der Waals surface area contributed by atoms with E-state index in [1.54, 1.807) is 12.3 Å². The second kappa shape index (κ2) is 10.1. The van der Waals surface area contributed by atoms with Gasteiger partial charge in [0.1, 0.15) is 17.3 Å². The molecule has 1 N–H and O–H groups in total. The van der Waals surface area contributed by atoms with Crippen LogP contribution in [0.3, 0.4) is 0 Å². The Balaban J connectivity index is 1.93. The molecule has 0 spiro atoms. The number of halogens is 2. The molecule has 1 fully saturated rings. The van der Waals surface area contributed by atoms with Crippen LogP contribution in [0.15, 0.2) is 47.9 Å². The summed E-state index contributed by atoms with van der Waals surface area (Å²) in [5, 5.41) is 3.69. The van der Waals surface area contributed by atoms with Crippen molar-refractivity contribution < 1.29 is 8.78 Å². The van der Waals surface area contributed by atoms with E-state index in [2.05, 4.69) is 26.8 Å². The molecule has 3 aromatic heterocycles. The summed E-state index contributed by atoms with van der Waals surface area (Å²) in [6.45, 7) is 13.6. The molecule has 0 saturated carbocycles.